The summed E-state index contributed by atoms with van der Waals surface area (Å²) in [6.45, 7) is 1.63. The Labute approximate surface area is 132 Å². The van der Waals surface area contributed by atoms with Crippen LogP contribution in [0, 0.1) is 20.6 Å². The fourth-order valence-electron chi connectivity index (χ4n) is 1.57. The molecule has 0 saturated heterocycles. The molecule has 0 atom stereocenters. The van der Waals surface area contributed by atoms with Gasteiger partial charge in [-0.3, -0.25) is 10.1 Å². The molecule has 1 aromatic carbocycles. The number of carboxylic acids is 1. The molecule has 0 unspecified atom stereocenters. The van der Waals surface area contributed by atoms with Crippen LogP contribution in [-0.4, -0.2) is 21.0 Å². The van der Waals surface area contributed by atoms with Gasteiger partial charge >= 0.3 is 5.97 Å². The van der Waals surface area contributed by atoms with E-state index in [-0.39, 0.29) is 17.1 Å². The molecule has 0 aliphatic carbocycles. The number of ether oxygens (including phenoxy) is 1. The summed E-state index contributed by atoms with van der Waals surface area (Å²) in [4.78, 5) is 25.0. The Morgan fingerprint density at radius 2 is 2.14 bits per heavy atom. The third kappa shape index (κ3) is 3.45. The highest BCUT2D eigenvalue weighted by atomic mass is 127. The highest BCUT2D eigenvalue weighted by Crippen LogP contribution is 2.29. The van der Waals surface area contributed by atoms with Crippen LogP contribution in [0.3, 0.4) is 0 Å². The van der Waals surface area contributed by atoms with E-state index in [1.54, 1.807) is 13.0 Å². The van der Waals surface area contributed by atoms with Crippen LogP contribution in [-0.2, 0) is 0 Å². The van der Waals surface area contributed by atoms with Gasteiger partial charge in [0.25, 0.3) is 5.69 Å². The fraction of sp³-hybridized carbons (Fsp3) is 0.0769. The van der Waals surface area contributed by atoms with Crippen LogP contribution >= 0.6 is 22.6 Å². The van der Waals surface area contributed by atoms with E-state index in [1.807, 2.05) is 22.6 Å². The molecule has 0 aliphatic heterocycles. The number of carboxylic acid groups (broad SMARTS) is 1. The Bertz CT molecular complexity index is 732. The molecule has 0 saturated carbocycles. The van der Waals surface area contributed by atoms with Crippen molar-refractivity contribution >= 4 is 34.2 Å². The summed E-state index contributed by atoms with van der Waals surface area (Å²) < 4.78 is 6.27. The number of aromatic carboxylic acids is 1. The lowest BCUT2D eigenvalue weighted by Crippen LogP contribution is -1.99. The van der Waals surface area contributed by atoms with Crippen LogP contribution in [0.2, 0.25) is 0 Å². The zero-order chi connectivity index (χ0) is 15.6. The zero-order valence-electron chi connectivity index (χ0n) is 10.7. The first-order valence-corrected chi connectivity index (χ1v) is 6.78. The minimum atomic E-state index is -1.07. The number of nitro groups is 1. The summed E-state index contributed by atoms with van der Waals surface area (Å²) in [5.41, 5.74) is 0.444. The second kappa shape index (κ2) is 6.04. The van der Waals surface area contributed by atoms with Crippen LogP contribution in [0.5, 0.6) is 11.6 Å². The number of hydrogen-bond acceptors (Lipinski definition) is 5. The SMILES string of the molecule is Cc1cc([N+](=O)[O-])cnc1Oc1cc(C(=O)O)ccc1I. The lowest BCUT2D eigenvalue weighted by atomic mass is 10.2. The van der Waals surface area contributed by atoms with Crippen LogP contribution in [0.4, 0.5) is 5.69 Å². The maximum absolute atomic E-state index is 11.0. The van der Waals surface area contributed by atoms with Gasteiger partial charge in [-0.1, -0.05) is 0 Å². The van der Waals surface area contributed by atoms with Crippen molar-refractivity contribution in [1.29, 1.82) is 0 Å². The number of hydrogen-bond donors (Lipinski definition) is 1. The van der Waals surface area contributed by atoms with E-state index in [0.29, 0.717) is 14.9 Å². The Kier molecular flexibility index (Phi) is 4.36. The van der Waals surface area contributed by atoms with Crippen LogP contribution in [0.1, 0.15) is 15.9 Å². The van der Waals surface area contributed by atoms with Gasteiger partial charge in [0.15, 0.2) is 0 Å². The van der Waals surface area contributed by atoms with E-state index in [9.17, 15) is 14.9 Å². The number of rotatable bonds is 4. The number of aromatic nitrogens is 1. The van der Waals surface area contributed by atoms with Crippen molar-refractivity contribution < 1.29 is 19.6 Å². The average Bonchev–Trinajstić information content (AvgIpc) is 2.42. The summed E-state index contributed by atoms with van der Waals surface area (Å²) in [5, 5.41) is 19.6. The summed E-state index contributed by atoms with van der Waals surface area (Å²) in [6.07, 6.45) is 1.09. The quantitative estimate of drug-likeness (QED) is 0.480. The third-order valence-electron chi connectivity index (χ3n) is 2.61. The van der Waals surface area contributed by atoms with Crippen LogP contribution in [0.25, 0.3) is 0 Å². The van der Waals surface area contributed by atoms with E-state index in [4.69, 9.17) is 9.84 Å². The van der Waals surface area contributed by atoms with E-state index in [0.717, 1.165) is 6.20 Å². The van der Waals surface area contributed by atoms with Crippen molar-refractivity contribution in [1.82, 2.24) is 4.98 Å². The monoisotopic (exact) mass is 400 g/mol. The van der Waals surface area contributed by atoms with Crippen molar-refractivity contribution in [2.24, 2.45) is 0 Å². The number of halogens is 1. The Balaban J connectivity index is 2.36. The molecule has 21 heavy (non-hydrogen) atoms. The summed E-state index contributed by atoms with van der Waals surface area (Å²) in [7, 11) is 0. The normalized spacial score (nSPS) is 10.2. The molecule has 2 rings (SSSR count). The molecule has 1 N–H and O–H groups in total. The summed E-state index contributed by atoms with van der Waals surface area (Å²) >= 11 is 2.00. The van der Waals surface area contributed by atoms with Gasteiger partial charge < -0.3 is 9.84 Å². The number of carbonyl (C=O) groups is 1. The van der Waals surface area contributed by atoms with Crippen LogP contribution in [0.15, 0.2) is 30.5 Å². The first kappa shape index (κ1) is 15.2. The molecule has 108 valence electrons. The highest BCUT2D eigenvalue weighted by Gasteiger charge is 2.14. The van der Waals surface area contributed by atoms with Gasteiger partial charge in [0.2, 0.25) is 5.88 Å². The van der Waals surface area contributed by atoms with Gasteiger partial charge in [-0.15, -0.1) is 0 Å². The molecule has 2 aromatic rings. The highest BCUT2D eigenvalue weighted by molar-refractivity contribution is 14.1. The number of aryl methyl sites for hydroxylation is 1. The van der Waals surface area contributed by atoms with Crippen molar-refractivity contribution in [3.63, 3.8) is 0 Å². The van der Waals surface area contributed by atoms with E-state index < -0.39 is 10.9 Å². The molecule has 1 aromatic heterocycles. The van der Waals surface area contributed by atoms with E-state index in [2.05, 4.69) is 4.98 Å². The topological polar surface area (TPSA) is 103 Å². The molecule has 0 radical (unpaired) electrons. The van der Waals surface area contributed by atoms with Gasteiger partial charge in [0, 0.05) is 11.6 Å². The minimum Gasteiger partial charge on any atom is -0.478 e. The Morgan fingerprint density at radius 3 is 2.71 bits per heavy atom. The predicted octanol–water partition coefficient (Wildman–Crippen LogP) is 3.39. The first-order chi connectivity index (χ1) is 9.88. The fourth-order valence-corrected chi connectivity index (χ4v) is 2.02. The standard InChI is InChI=1S/C13H9IN2O5/c1-7-4-9(16(19)20)6-15-12(7)21-11-5-8(13(17)18)2-3-10(11)14/h2-6H,1H3,(H,17,18). The van der Waals surface area contributed by atoms with Crippen molar-refractivity contribution in [2.45, 2.75) is 6.92 Å². The molecule has 0 amide bonds. The van der Waals surface area contributed by atoms with Gasteiger partial charge in [0.05, 0.1) is 14.1 Å². The number of pyridine rings is 1. The molecular formula is C13H9IN2O5. The van der Waals surface area contributed by atoms with Gasteiger partial charge in [-0.25, -0.2) is 9.78 Å². The Hall–Kier alpha value is -2.23. The molecule has 0 bridgehead atoms. The summed E-state index contributed by atoms with van der Waals surface area (Å²) in [5.74, 6) is -0.536. The molecule has 8 heteroatoms. The van der Waals surface area contributed by atoms with E-state index >= 15 is 0 Å². The average molecular weight is 400 g/mol. The maximum Gasteiger partial charge on any atom is 0.335 e. The zero-order valence-corrected chi connectivity index (χ0v) is 12.9. The molecule has 0 spiro atoms. The number of benzene rings is 1. The largest absolute Gasteiger partial charge is 0.478 e. The van der Waals surface area contributed by atoms with Gasteiger partial charge in [0.1, 0.15) is 11.9 Å². The maximum atomic E-state index is 11.0. The molecular weight excluding hydrogens is 391 g/mol. The molecule has 1 heterocycles. The first-order valence-electron chi connectivity index (χ1n) is 5.70. The smallest absolute Gasteiger partial charge is 0.335 e. The van der Waals surface area contributed by atoms with Gasteiger partial charge in [-0.2, -0.15) is 0 Å². The lowest BCUT2D eigenvalue weighted by molar-refractivity contribution is -0.385. The van der Waals surface area contributed by atoms with Crippen molar-refractivity contribution in [2.75, 3.05) is 0 Å². The van der Waals surface area contributed by atoms with Crippen molar-refractivity contribution in [3.8, 4) is 11.6 Å². The van der Waals surface area contributed by atoms with Gasteiger partial charge in [-0.05, 0) is 47.7 Å². The lowest BCUT2D eigenvalue weighted by Gasteiger charge is -2.09. The van der Waals surface area contributed by atoms with Crippen molar-refractivity contribution in [3.05, 3.63) is 55.3 Å². The predicted molar refractivity (Wildman–Crippen MR) is 81.8 cm³/mol. The van der Waals surface area contributed by atoms with E-state index in [1.165, 1.54) is 18.2 Å². The molecule has 0 aliphatic rings. The second-order valence-electron chi connectivity index (χ2n) is 4.13. The molecule has 7 nitrogen and oxygen atoms in total. The second-order valence-corrected chi connectivity index (χ2v) is 5.29. The third-order valence-corrected chi connectivity index (χ3v) is 3.50. The minimum absolute atomic E-state index is 0.0879. The number of nitrogens with zero attached hydrogens (tertiary/aromatic N) is 2. The Morgan fingerprint density at radius 1 is 1.43 bits per heavy atom. The van der Waals surface area contributed by atoms with Crippen LogP contribution < -0.4 is 4.74 Å². The molecule has 0 fully saturated rings. The summed E-state index contributed by atoms with van der Waals surface area (Å²) in [6, 6.07) is 5.80.